The number of fused-ring (bicyclic) bond motifs is 1. The van der Waals surface area contributed by atoms with Crippen molar-refractivity contribution >= 4 is 23.4 Å². The molecule has 1 aromatic heterocycles. The standard InChI is InChI=1S/C21H24N4O5/c1-15-14-18(30-22-15)21(28)24-10-8-23(9-11-24)19(26)6-7-20(27)25-12-13-29-17-5-3-2-4-16(17)25/h2-5,14H,6-13H2,1H3. The number of aryl methyl sites for hydroxylation is 1. The van der Waals surface area contributed by atoms with E-state index in [1.165, 1.54) is 0 Å². The molecule has 0 unspecified atom stereocenters. The highest BCUT2D eigenvalue weighted by Gasteiger charge is 2.28. The van der Waals surface area contributed by atoms with Gasteiger partial charge < -0.3 is 24.0 Å². The maximum atomic E-state index is 12.7. The van der Waals surface area contributed by atoms with Crippen LogP contribution in [0.3, 0.4) is 0 Å². The molecular weight excluding hydrogens is 388 g/mol. The van der Waals surface area contributed by atoms with Crippen molar-refractivity contribution in [2.45, 2.75) is 19.8 Å². The summed E-state index contributed by atoms with van der Waals surface area (Å²) in [7, 11) is 0. The van der Waals surface area contributed by atoms with E-state index in [2.05, 4.69) is 5.16 Å². The van der Waals surface area contributed by atoms with Crippen molar-refractivity contribution < 1.29 is 23.6 Å². The summed E-state index contributed by atoms with van der Waals surface area (Å²) in [6.45, 7) is 4.40. The number of amides is 3. The molecule has 1 saturated heterocycles. The molecule has 9 nitrogen and oxygen atoms in total. The second kappa shape index (κ2) is 8.56. The van der Waals surface area contributed by atoms with Gasteiger partial charge in [-0.3, -0.25) is 14.4 Å². The Bertz CT molecular complexity index is 948. The third-order valence-corrected chi connectivity index (χ3v) is 5.34. The van der Waals surface area contributed by atoms with Crippen LogP contribution in [0.15, 0.2) is 34.9 Å². The number of benzene rings is 1. The van der Waals surface area contributed by atoms with Crippen LogP contribution in [0.2, 0.25) is 0 Å². The van der Waals surface area contributed by atoms with E-state index < -0.39 is 0 Å². The van der Waals surface area contributed by atoms with Gasteiger partial charge in [-0.05, 0) is 19.1 Å². The molecule has 0 atom stereocenters. The monoisotopic (exact) mass is 412 g/mol. The van der Waals surface area contributed by atoms with Gasteiger partial charge in [0.1, 0.15) is 12.4 Å². The highest BCUT2D eigenvalue weighted by molar-refractivity contribution is 5.97. The van der Waals surface area contributed by atoms with Gasteiger partial charge in [0.25, 0.3) is 5.91 Å². The topological polar surface area (TPSA) is 96.2 Å². The zero-order valence-electron chi connectivity index (χ0n) is 16.9. The zero-order chi connectivity index (χ0) is 21.1. The molecule has 0 saturated carbocycles. The molecule has 0 radical (unpaired) electrons. The average Bonchev–Trinajstić information content (AvgIpc) is 3.22. The second-order valence-corrected chi connectivity index (χ2v) is 7.37. The first kappa shape index (κ1) is 19.9. The van der Waals surface area contributed by atoms with Gasteiger partial charge >= 0.3 is 0 Å². The maximum Gasteiger partial charge on any atom is 0.292 e. The van der Waals surface area contributed by atoms with Crippen LogP contribution in [-0.2, 0) is 9.59 Å². The molecule has 2 aliphatic rings. The molecule has 30 heavy (non-hydrogen) atoms. The zero-order valence-corrected chi connectivity index (χ0v) is 16.9. The fraction of sp³-hybridized carbons (Fsp3) is 0.429. The third kappa shape index (κ3) is 4.14. The summed E-state index contributed by atoms with van der Waals surface area (Å²) in [6, 6.07) is 9.01. The smallest absolute Gasteiger partial charge is 0.292 e. The first-order valence-electron chi connectivity index (χ1n) is 10.1. The van der Waals surface area contributed by atoms with E-state index >= 15 is 0 Å². The molecule has 0 bridgehead atoms. The first-order chi connectivity index (χ1) is 14.5. The Kier molecular flexibility index (Phi) is 5.69. The van der Waals surface area contributed by atoms with Gasteiger partial charge in [-0.1, -0.05) is 17.3 Å². The Hall–Kier alpha value is -3.36. The summed E-state index contributed by atoms with van der Waals surface area (Å²) < 4.78 is 10.6. The normalized spacial score (nSPS) is 16.1. The van der Waals surface area contributed by atoms with Gasteiger partial charge in [0.15, 0.2) is 0 Å². The van der Waals surface area contributed by atoms with Crippen molar-refractivity contribution in [3.05, 3.63) is 41.8 Å². The Morgan fingerprint density at radius 3 is 2.40 bits per heavy atom. The predicted molar refractivity (Wildman–Crippen MR) is 107 cm³/mol. The summed E-state index contributed by atoms with van der Waals surface area (Å²) in [5.41, 5.74) is 1.40. The van der Waals surface area contributed by atoms with Crippen molar-refractivity contribution in [1.29, 1.82) is 0 Å². The molecule has 9 heteroatoms. The maximum absolute atomic E-state index is 12.7. The van der Waals surface area contributed by atoms with Gasteiger partial charge in [0.2, 0.25) is 17.6 Å². The van der Waals surface area contributed by atoms with Crippen molar-refractivity contribution in [1.82, 2.24) is 15.0 Å². The van der Waals surface area contributed by atoms with Gasteiger partial charge in [-0.25, -0.2) is 0 Å². The fourth-order valence-corrected chi connectivity index (χ4v) is 3.71. The van der Waals surface area contributed by atoms with Crippen molar-refractivity contribution in [2.75, 3.05) is 44.2 Å². The van der Waals surface area contributed by atoms with E-state index in [-0.39, 0.29) is 36.3 Å². The van der Waals surface area contributed by atoms with E-state index in [4.69, 9.17) is 9.26 Å². The lowest BCUT2D eigenvalue weighted by molar-refractivity contribution is -0.134. The first-order valence-corrected chi connectivity index (χ1v) is 10.1. The molecule has 2 aliphatic heterocycles. The lowest BCUT2D eigenvalue weighted by Gasteiger charge is -2.34. The van der Waals surface area contributed by atoms with E-state index in [9.17, 15) is 14.4 Å². The predicted octanol–water partition coefficient (Wildman–Crippen LogP) is 1.47. The fourth-order valence-electron chi connectivity index (χ4n) is 3.71. The molecular formula is C21H24N4O5. The number of carbonyl (C=O) groups excluding carboxylic acids is 3. The molecule has 3 amide bonds. The van der Waals surface area contributed by atoms with Crippen LogP contribution in [0.5, 0.6) is 5.75 Å². The molecule has 0 spiro atoms. The Morgan fingerprint density at radius 2 is 1.67 bits per heavy atom. The summed E-state index contributed by atoms with van der Waals surface area (Å²) in [4.78, 5) is 42.7. The van der Waals surface area contributed by atoms with Crippen LogP contribution in [0.1, 0.15) is 29.1 Å². The summed E-state index contributed by atoms with van der Waals surface area (Å²) >= 11 is 0. The SMILES string of the molecule is Cc1cc(C(=O)N2CCN(C(=O)CCC(=O)N3CCOc4ccccc43)CC2)on1. The van der Waals surface area contributed by atoms with E-state index in [1.54, 1.807) is 27.7 Å². The molecule has 3 heterocycles. The van der Waals surface area contributed by atoms with Crippen LogP contribution in [0.4, 0.5) is 5.69 Å². The number of ether oxygens (including phenoxy) is 1. The number of hydrogen-bond donors (Lipinski definition) is 0. The quantitative estimate of drug-likeness (QED) is 0.755. The van der Waals surface area contributed by atoms with Crippen molar-refractivity contribution in [3.63, 3.8) is 0 Å². The van der Waals surface area contributed by atoms with Crippen LogP contribution in [-0.4, -0.2) is 72.0 Å². The van der Waals surface area contributed by atoms with E-state index in [0.29, 0.717) is 50.8 Å². The van der Waals surface area contributed by atoms with Gasteiger partial charge in [0, 0.05) is 45.1 Å². The minimum atomic E-state index is -0.219. The lowest BCUT2D eigenvalue weighted by atomic mass is 10.2. The molecule has 1 aromatic carbocycles. The van der Waals surface area contributed by atoms with E-state index in [1.807, 2.05) is 24.3 Å². The number of rotatable bonds is 4. The number of hydrogen-bond acceptors (Lipinski definition) is 6. The van der Waals surface area contributed by atoms with Crippen molar-refractivity contribution in [3.8, 4) is 5.75 Å². The van der Waals surface area contributed by atoms with Crippen LogP contribution >= 0.6 is 0 Å². The van der Waals surface area contributed by atoms with Gasteiger partial charge in [-0.2, -0.15) is 0 Å². The number of anilines is 1. The Balaban J connectivity index is 1.26. The molecule has 158 valence electrons. The highest BCUT2D eigenvalue weighted by atomic mass is 16.5. The second-order valence-electron chi connectivity index (χ2n) is 7.37. The molecule has 0 aliphatic carbocycles. The molecule has 0 N–H and O–H groups in total. The number of piperazine rings is 1. The molecule has 4 rings (SSSR count). The minimum absolute atomic E-state index is 0.0764. The van der Waals surface area contributed by atoms with Gasteiger partial charge in [0.05, 0.1) is 17.9 Å². The van der Waals surface area contributed by atoms with Crippen molar-refractivity contribution in [2.24, 2.45) is 0 Å². The molecule has 1 fully saturated rings. The van der Waals surface area contributed by atoms with E-state index in [0.717, 1.165) is 5.69 Å². The third-order valence-electron chi connectivity index (χ3n) is 5.34. The molecule has 2 aromatic rings. The number of carbonyl (C=O) groups is 3. The average molecular weight is 412 g/mol. The summed E-state index contributed by atoms with van der Waals surface area (Å²) in [5, 5.41) is 3.74. The summed E-state index contributed by atoms with van der Waals surface area (Å²) in [5.74, 6) is 0.514. The van der Waals surface area contributed by atoms with Crippen LogP contribution in [0, 0.1) is 6.92 Å². The minimum Gasteiger partial charge on any atom is -0.490 e. The van der Waals surface area contributed by atoms with Crippen LogP contribution < -0.4 is 9.64 Å². The largest absolute Gasteiger partial charge is 0.490 e. The number of para-hydroxylation sites is 2. The number of aromatic nitrogens is 1. The lowest BCUT2D eigenvalue weighted by Crippen LogP contribution is -2.50. The Morgan fingerprint density at radius 1 is 0.967 bits per heavy atom. The highest BCUT2D eigenvalue weighted by Crippen LogP contribution is 2.31. The summed E-state index contributed by atoms with van der Waals surface area (Å²) in [6.07, 6.45) is 0.289. The van der Waals surface area contributed by atoms with Crippen LogP contribution in [0.25, 0.3) is 0 Å². The van der Waals surface area contributed by atoms with Gasteiger partial charge in [-0.15, -0.1) is 0 Å². The Labute approximate surface area is 174 Å². The number of nitrogens with zero attached hydrogens (tertiary/aromatic N) is 4.